The minimum absolute atomic E-state index is 0.327. The number of nitrogens with zero attached hydrogens (tertiary/aromatic N) is 2. The average Bonchev–Trinajstić information content (AvgIpc) is 3.53. The smallest absolute Gasteiger partial charge is 0.148 e. The minimum Gasteiger partial charge on any atom is -0.307 e. The van der Waals surface area contributed by atoms with Crippen LogP contribution in [0, 0.1) is 67.0 Å². The quantitative estimate of drug-likeness (QED) is 0.126. The standard InChI is InChI=1S/C72H58F2N2/c1-43-13-9-17-53(31-43)57-39-63(55-19-11-15-45(3)33-55)71(65(73)41-57)75(59-35-47(5)29-48(6)36-59)67-27-23-51-22-26-62-68(28-24-52-21-25-61(67)69(51)70(52)62)76(60-37-49(7)30-50(8)38-60)72-64(56-20-12-16-46(4)34-56)40-58(42-66(72)74)54-18-10-14-44(2)32-54/h9-42H,1-8H3. The molecule has 0 atom stereocenters. The summed E-state index contributed by atoms with van der Waals surface area (Å²) in [6, 6.07) is 71.3. The van der Waals surface area contributed by atoms with Crippen molar-refractivity contribution in [3.8, 4) is 44.5 Å². The van der Waals surface area contributed by atoms with E-state index in [0.717, 1.165) is 144 Å². The van der Waals surface area contributed by atoms with Crippen LogP contribution in [0.4, 0.5) is 42.9 Å². The molecule has 0 aliphatic heterocycles. The van der Waals surface area contributed by atoms with Crippen LogP contribution in [-0.4, -0.2) is 0 Å². The van der Waals surface area contributed by atoms with E-state index < -0.39 is 0 Å². The average molecular weight is 989 g/mol. The lowest BCUT2D eigenvalue weighted by molar-refractivity contribution is 0.629. The second-order valence-electron chi connectivity index (χ2n) is 21.1. The van der Waals surface area contributed by atoms with E-state index in [1.165, 1.54) is 0 Å². The summed E-state index contributed by atoms with van der Waals surface area (Å²) >= 11 is 0. The molecule has 0 fully saturated rings. The highest BCUT2D eigenvalue weighted by Gasteiger charge is 2.29. The predicted octanol–water partition coefficient (Wildman–Crippen LogP) is 20.9. The first-order chi connectivity index (χ1) is 36.7. The van der Waals surface area contributed by atoms with Gasteiger partial charge in [-0.1, -0.05) is 168 Å². The van der Waals surface area contributed by atoms with Gasteiger partial charge in [0, 0.05) is 33.3 Å². The van der Waals surface area contributed by atoms with Crippen LogP contribution < -0.4 is 9.80 Å². The first-order valence-electron chi connectivity index (χ1n) is 26.2. The Kier molecular flexibility index (Phi) is 12.1. The Morgan fingerprint density at radius 2 is 0.605 bits per heavy atom. The Morgan fingerprint density at radius 1 is 0.276 bits per heavy atom. The fourth-order valence-corrected chi connectivity index (χ4v) is 11.8. The first kappa shape index (κ1) is 48.1. The van der Waals surface area contributed by atoms with Crippen molar-refractivity contribution >= 4 is 66.4 Å². The second kappa shape index (κ2) is 19.1. The summed E-state index contributed by atoms with van der Waals surface area (Å²) in [4.78, 5) is 4.28. The zero-order valence-corrected chi connectivity index (χ0v) is 44.3. The molecule has 0 amide bonds. The molecule has 0 aliphatic carbocycles. The number of benzene rings is 12. The fraction of sp³-hybridized carbons (Fsp3) is 0.111. The van der Waals surface area contributed by atoms with Crippen molar-refractivity contribution in [3.63, 3.8) is 0 Å². The van der Waals surface area contributed by atoms with E-state index in [2.05, 4.69) is 247 Å². The summed E-state index contributed by atoms with van der Waals surface area (Å²) in [6.45, 7) is 16.7. The maximum atomic E-state index is 18.1. The van der Waals surface area contributed by atoms with Crippen LogP contribution >= 0.6 is 0 Å². The zero-order chi connectivity index (χ0) is 52.5. The third-order valence-electron chi connectivity index (χ3n) is 15.0. The van der Waals surface area contributed by atoms with Crippen LogP contribution in [0.3, 0.4) is 0 Å². The molecule has 76 heavy (non-hydrogen) atoms. The Bertz CT molecular complexity index is 3950. The Hall–Kier alpha value is -8.86. The molecular formula is C72H58F2N2. The summed E-state index contributed by atoms with van der Waals surface area (Å²) in [5.74, 6) is -0.654. The third-order valence-corrected chi connectivity index (χ3v) is 15.0. The maximum absolute atomic E-state index is 18.1. The number of aryl methyl sites for hydroxylation is 8. The maximum Gasteiger partial charge on any atom is 0.148 e. The number of hydrogen-bond acceptors (Lipinski definition) is 2. The molecule has 12 aromatic carbocycles. The molecule has 0 N–H and O–H groups in total. The van der Waals surface area contributed by atoms with E-state index in [1.807, 2.05) is 12.1 Å². The largest absolute Gasteiger partial charge is 0.307 e. The molecule has 370 valence electrons. The van der Waals surface area contributed by atoms with Gasteiger partial charge >= 0.3 is 0 Å². The lowest BCUT2D eigenvalue weighted by Gasteiger charge is -2.32. The molecule has 12 rings (SSSR count). The minimum atomic E-state index is -0.327. The van der Waals surface area contributed by atoms with E-state index in [1.54, 1.807) is 12.1 Å². The molecular weight excluding hydrogens is 931 g/mol. The lowest BCUT2D eigenvalue weighted by atomic mass is 9.90. The number of rotatable bonds is 10. The van der Waals surface area contributed by atoms with Gasteiger partial charge in [-0.2, -0.15) is 0 Å². The van der Waals surface area contributed by atoms with Crippen LogP contribution in [-0.2, 0) is 0 Å². The van der Waals surface area contributed by atoms with Gasteiger partial charge in [0.05, 0.1) is 22.7 Å². The van der Waals surface area contributed by atoms with Gasteiger partial charge in [-0.05, 0) is 193 Å². The molecule has 4 heteroatoms. The number of hydrogen-bond donors (Lipinski definition) is 0. The zero-order valence-electron chi connectivity index (χ0n) is 44.3. The van der Waals surface area contributed by atoms with Gasteiger partial charge in [0.25, 0.3) is 0 Å². The van der Waals surface area contributed by atoms with Crippen molar-refractivity contribution in [2.24, 2.45) is 0 Å². The molecule has 0 spiro atoms. The molecule has 0 heterocycles. The van der Waals surface area contributed by atoms with E-state index in [-0.39, 0.29) is 11.6 Å². The van der Waals surface area contributed by atoms with Crippen LogP contribution in [0.5, 0.6) is 0 Å². The second-order valence-corrected chi connectivity index (χ2v) is 21.1. The molecule has 2 nitrogen and oxygen atoms in total. The Morgan fingerprint density at radius 3 is 0.961 bits per heavy atom. The van der Waals surface area contributed by atoms with Crippen LogP contribution in [0.1, 0.15) is 44.5 Å². The van der Waals surface area contributed by atoms with Crippen molar-refractivity contribution in [2.75, 3.05) is 9.80 Å². The molecule has 0 saturated heterocycles. The molecule has 0 aromatic heterocycles. The normalized spacial score (nSPS) is 11.6. The van der Waals surface area contributed by atoms with Crippen LogP contribution in [0.25, 0.3) is 76.8 Å². The summed E-state index contributed by atoms with van der Waals surface area (Å²) < 4.78 is 36.2. The first-order valence-corrected chi connectivity index (χ1v) is 26.2. The van der Waals surface area contributed by atoms with Gasteiger partial charge in [0.15, 0.2) is 0 Å². The Balaban J connectivity index is 1.15. The Labute approximate surface area is 445 Å². The van der Waals surface area contributed by atoms with Gasteiger partial charge in [0.1, 0.15) is 11.6 Å². The predicted molar refractivity (Wildman–Crippen MR) is 319 cm³/mol. The summed E-state index contributed by atoms with van der Waals surface area (Å²) in [6.07, 6.45) is 0. The topological polar surface area (TPSA) is 6.48 Å². The van der Waals surface area contributed by atoms with E-state index in [4.69, 9.17) is 0 Å². The summed E-state index contributed by atoms with van der Waals surface area (Å²) in [5, 5.41) is 6.14. The summed E-state index contributed by atoms with van der Waals surface area (Å²) in [7, 11) is 0. The van der Waals surface area contributed by atoms with Gasteiger partial charge < -0.3 is 9.80 Å². The van der Waals surface area contributed by atoms with Gasteiger partial charge in [-0.3, -0.25) is 0 Å². The molecule has 12 aromatic rings. The SMILES string of the molecule is Cc1cccc(-c2cc(F)c(N(c3cc(C)cc(C)c3)c3ccc4ccc5c(N(c6cc(C)cc(C)c6)c6c(F)cc(-c7cccc(C)c7)cc6-c6cccc(C)c6)ccc6ccc3c4c65)c(-c3cccc(C)c3)c2)c1. The molecule has 0 saturated carbocycles. The van der Waals surface area contributed by atoms with E-state index in [0.29, 0.717) is 11.4 Å². The fourth-order valence-electron chi connectivity index (χ4n) is 11.8. The lowest BCUT2D eigenvalue weighted by Crippen LogP contribution is -2.15. The third kappa shape index (κ3) is 8.74. The van der Waals surface area contributed by atoms with Crippen molar-refractivity contribution < 1.29 is 8.78 Å². The van der Waals surface area contributed by atoms with Crippen molar-refractivity contribution in [2.45, 2.75) is 55.4 Å². The van der Waals surface area contributed by atoms with Crippen LogP contribution in [0.2, 0.25) is 0 Å². The highest BCUT2D eigenvalue weighted by molar-refractivity contribution is 6.28. The number of halogens is 2. The number of anilines is 6. The molecule has 0 bridgehead atoms. The van der Waals surface area contributed by atoms with Crippen LogP contribution in [0.15, 0.2) is 206 Å². The van der Waals surface area contributed by atoms with Crippen molar-refractivity contribution in [1.82, 2.24) is 0 Å². The van der Waals surface area contributed by atoms with Gasteiger partial charge in [-0.25, -0.2) is 8.78 Å². The summed E-state index contributed by atoms with van der Waals surface area (Å²) in [5.41, 5.74) is 20.0. The van der Waals surface area contributed by atoms with E-state index in [9.17, 15) is 0 Å². The van der Waals surface area contributed by atoms with Crippen molar-refractivity contribution in [3.05, 3.63) is 262 Å². The van der Waals surface area contributed by atoms with E-state index >= 15 is 8.78 Å². The van der Waals surface area contributed by atoms with Gasteiger partial charge in [-0.15, -0.1) is 0 Å². The van der Waals surface area contributed by atoms with Gasteiger partial charge in [0.2, 0.25) is 0 Å². The highest BCUT2D eigenvalue weighted by Crippen LogP contribution is 2.52. The van der Waals surface area contributed by atoms with Crippen molar-refractivity contribution in [1.29, 1.82) is 0 Å². The highest BCUT2D eigenvalue weighted by atomic mass is 19.1. The molecule has 0 aliphatic rings. The monoisotopic (exact) mass is 988 g/mol. The molecule has 0 radical (unpaired) electrons. The molecule has 0 unspecified atom stereocenters.